The number of amides is 1. The zero-order valence-corrected chi connectivity index (χ0v) is 57.1. The van der Waals surface area contributed by atoms with Crippen molar-refractivity contribution < 1.29 is 62.7 Å². The summed E-state index contributed by atoms with van der Waals surface area (Å²) in [7, 11) is 1.36. The molecule has 0 heterocycles. The van der Waals surface area contributed by atoms with Gasteiger partial charge in [0, 0.05) is 6.92 Å². The van der Waals surface area contributed by atoms with Crippen LogP contribution >= 0.6 is 0 Å². The van der Waals surface area contributed by atoms with E-state index in [2.05, 4.69) is 115 Å². The van der Waals surface area contributed by atoms with Gasteiger partial charge in [0.25, 0.3) is 5.91 Å². The number of allylic oxidation sites excluding steroid dienone is 2. The molecule has 0 fully saturated rings. The molecule has 0 saturated heterocycles. The number of rotatable bonds is 25. The van der Waals surface area contributed by atoms with Crippen LogP contribution in [0.2, 0.25) is 0 Å². The molecule has 0 radical (unpaired) electrons. The lowest BCUT2D eigenvalue weighted by molar-refractivity contribution is -0.154. The van der Waals surface area contributed by atoms with Crippen LogP contribution in [0.15, 0.2) is 42.0 Å². The maximum atomic E-state index is 11.7. The van der Waals surface area contributed by atoms with Crippen LogP contribution in [0.3, 0.4) is 0 Å². The molecule has 3 N–H and O–H groups in total. The predicted molar refractivity (Wildman–Crippen MR) is 334 cm³/mol. The topological polar surface area (TPSA) is 193 Å². The third-order valence-electron chi connectivity index (χ3n) is 10.8. The number of hydrogen-bond donors (Lipinski definition) is 3. The van der Waals surface area contributed by atoms with E-state index in [-0.39, 0.29) is 65.7 Å². The van der Waals surface area contributed by atoms with Crippen molar-refractivity contribution in [1.82, 2.24) is 5.48 Å². The van der Waals surface area contributed by atoms with Crippen molar-refractivity contribution in [2.45, 2.75) is 311 Å². The largest absolute Gasteiger partial charge is 0.480 e. The van der Waals surface area contributed by atoms with Gasteiger partial charge in [0.05, 0.1) is 29.5 Å². The number of aliphatic carboxylic acids is 1. The van der Waals surface area contributed by atoms with E-state index in [9.17, 15) is 24.0 Å². The molecule has 0 unspecified atom stereocenters. The molecule has 14 heteroatoms. The molecule has 0 atom stereocenters. The van der Waals surface area contributed by atoms with Gasteiger partial charge < -0.3 is 33.5 Å². The molecule has 0 aliphatic heterocycles. The Morgan fingerprint density at radius 2 is 0.800 bits per heavy atom. The van der Waals surface area contributed by atoms with E-state index in [0.29, 0.717) is 16.4 Å². The predicted octanol–water partition coefficient (Wildman–Crippen LogP) is 18.1. The number of carboxylic acid groups (broad SMARTS) is 1. The third-order valence-corrected chi connectivity index (χ3v) is 10.8. The Labute approximate surface area is 492 Å². The monoisotopic (exact) mass is 1140 g/mol. The first kappa shape index (κ1) is 89.9. The van der Waals surface area contributed by atoms with Gasteiger partial charge in [-0.2, -0.15) is 0 Å². The van der Waals surface area contributed by atoms with Crippen LogP contribution in [0.5, 0.6) is 0 Å². The number of ether oxygens (including phenoxy) is 6. The number of esters is 3. The summed E-state index contributed by atoms with van der Waals surface area (Å²) in [4.78, 5) is 53.6. The van der Waals surface area contributed by atoms with Crippen molar-refractivity contribution in [3.63, 3.8) is 0 Å². The first-order chi connectivity index (χ1) is 36.4. The lowest BCUT2D eigenvalue weighted by Crippen LogP contribution is -2.32. The minimum Gasteiger partial charge on any atom is -0.480 e. The zero-order chi connectivity index (χ0) is 64.5. The Bertz CT molecular complexity index is 1630. The molecule has 14 nitrogen and oxygen atoms in total. The molecule has 1 rings (SSSR count). The molecular formula is C66H129NO13. The summed E-state index contributed by atoms with van der Waals surface area (Å²) < 4.78 is 30.7. The van der Waals surface area contributed by atoms with Crippen LogP contribution in [0, 0.1) is 10.8 Å². The highest BCUT2D eigenvalue weighted by molar-refractivity contribution is 5.89. The average molecular weight is 1140 g/mol. The number of carbonyl (C=O) groups excluding carboxylic acids is 4. The fourth-order valence-electron chi connectivity index (χ4n) is 7.37. The zero-order valence-electron chi connectivity index (χ0n) is 57.1. The second-order valence-electron chi connectivity index (χ2n) is 25.6. The van der Waals surface area contributed by atoms with E-state index < -0.39 is 11.9 Å². The van der Waals surface area contributed by atoms with Gasteiger partial charge in [0.1, 0.15) is 31.0 Å². The van der Waals surface area contributed by atoms with E-state index in [1.54, 1.807) is 12.1 Å². The molecule has 1 aromatic carbocycles. The summed E-state index contributed by atoms with van der Waals surface area (Å²) in [6.45, 7) is 55.3. The van der Waals surface area contributed by atoms with Gasteiger partial charge >= 0.3 is 23.9 Å². The first-order valence-electron chi connectivity index (χ1n) is 29.7. The molecule has 1 amide bonds. The quantitative estimate of drug-likeness (QED) is 0.0276. The molecule has 80 heavy (non-hydrogen) atoms. The molecule has 0 bridgehead atoms. The highest BCUT2D eigenvalue weighted by atomic mass is 16.6. The summed E-state index contributed by atoms with van der Waals surface area (Å²) in [6.07, 6.45) is 18.3. The van der Waals surface area contributed by atoms with E-state index >= 15 is 0 Å². The van der Waals surface area contributed by atoms with Gasteiger partial charge in [-0.25, -0.2) is 19.9 Å². The highest BCUT2D eigenvalue weighted by Gasteiger charge is 2.23. The van der Waals surface area contributed by atoms with Crippen LogP contribution in [0.25, 0.3) is 0 Å². The number of benzene rings is 1. The van der Waals surface area contributed by atoms with Crippen LogP contribution in [0.1, 0.15) is 294 Å². The number of methoxy groups -OCH3 is 1. The molecule has 0 aliphatic rings. The van der Waals surface area contributed by atoms with Crippen molar-refractivity contribution in [1.29, 1.82) is 0 Å². The number of nitrogens with one attached hydrogen (secondary N) is 1. The van der Waals surface area contributed by atoms with Gasteiger partial charge in [-0.1, -0.05) is 172 Å². The van der Waals surface area contributed by atoms with Gasteiger partial charge in [0.15, 0.2) is 0 Å². The van der Waals surface area contributed by atoms with E-state index in [1.807, 2.05) is 94.4 Å². The summed E-state index contributed by atoms with van der Waals surface area (Å²) in [5, 5.41) is 16.5. The van der Waals surface area contributed by atoms with Crippen molar-refractivity contribution in [2.75, 3.05) is 26.9 Å². The summed E-state index contributed by atoms with van der Waals surface area (Å²) in [6, 6.07) is 9.09. The Hall–Kier alpha value is -3.85. The molecule has 0 saturated carbocycles. The number of hydroxylamine groups is 1. The maximum absolute atomic E-state index is 11.7. The van der Waals surface area contributed by atoms with Crippen molar-refractivity contribution >= 4 is 29.8 Å². The van der Waals surface area contributed by atoms with E-state index in [0.717, 1.165) is 64.2 Å². The molecule has 1 aromatic rings. The second kappa shape index (κ2) is 50.8. The standard InChI is InChI=1S/C13H18O2.C9H18O3.C8H17NO3.C8H16O3.C8H16O2.2C7H16.C6H12/c1-4-10-13(2,3)15-12(14)11-8-6-5-7-9-11;1-5-6-9(2,3)12-7-8(10)11-4;1-4-5-8(2,3)12-6-7(10)9-11;1-4-5-8(2,3)11-6-7(9)10;1-5-6-8(3,4)10-7(2)9;2*1-5-6-7(2,3)4;1-4-5-6(2)3/h5-9H,4,10H2,1-3H3;5-7H2,1-4H3;11H,4-6H2,1-3H3,(H,9,10);4-6H2,1-3H3,(H,9,10);5-6H2,1-4H3;2*5-6H2,1-4H3;5H,4H2,1-3H3. The molecular weight excluding hydrogens is 1010 g/mol. The Morgan fingerprint density at radius 1 is 0.475 bits per heavy atom. The molecule has 0 aromatic heterocycles. The normalized spacial score (nSPS) is 11.2. The van der Waals surface area contributed by atoms with Crippen LogP contribution in [0.4, 0.5) is 0 Å². The summed E-state index contributed by atoms with van der Waals surface area (Å²) in [5.74, 6) is -2.18. The minimum absolute atomic E-state index is 0.0451. The molecule has 0 aliphatic carbocycles. The van der Waals surface area contributed by atoms with Gasteiger partial charge in [-0.3, -0.25) is 14.8 Å². The number of hydrogen-bond acceptors (Lipinski definition) is 12. The van der Waals surface area contributed by atoms with Crippen LogP contribution < -0.4 is 5.48 Å². The Morgan fingerprint density at radius 3 is 1.05 bits per heavy atom. The van der Waals surface area contributed by atoms with Crippen molar-refractivity contribution in [3.8, 4) is 0 Å². The minimum atomic E-state index is -0.908. The van der Waals surface area contributed by atoms with Crippen LogP contribution in [-0.4, -0.2) is 95.0 Å². The van der Waals surface area contributed by atoms with Gasteiger partial charge in [0.2, 0.25) is 0 Å². The van der Waals surface area contributed by atoms with E-state index in [4.69, 9.17) is 34.0 Å². The number of carboxylic acids is 1. The SMILES string of the molecule is CCC=C(C)C.CCCC(C)(C)C.CCCC(C)(C)C.CCCC(C)(C)OC(=O)c1ccccc1.CCCC(C)(C)OC(C)=O.CCCC(C)(C)OCC(=O)NO.CCCC(C)(C)OCC(=O)O.CCCC(C)(C)OCC(=O)OC. The van der Waals surface area contributed by atoms with Crippen molar-refractivity contribution in [3.05, 3.63) is 47.5 Å². The van der Waals surface area contributed by atoms with Crippen LogP contribution in [-0.2, 0) is 47.6 Å². The fourth-order valence-corrected chi connectivity index (χ4v) is 7.37. The Kier molecular flexibility index (Phi) is 57.2. The number of carbonyl (C=O) groups is 5. The third kappa shape index (κ3) is 78.4. The van der Waals surface area contributed by atoms with Gasteiger partial charge in [-0.05, 0) is 157 Å². The maximum Gasteiger partial charge on any atom is 0.338 e. The molecule has 0 spiro atoms. The average Bonchev–Trinajstić information content (AvgIpc) is 3.29. The van der Waals surface area contributed by atoms with E-state index in [1.165, 1.54) is 57.2 Å². The summed E-state index contributed by atoms with van der Waals surface area (Å²) >= 11 is 0. The first-order valence-corrected chi connectivity index (χ1v) is 29.7. The van der Waals surface area contributed by atoms with Gasteiger partial charge in [-0.15, -0.1) is 0 Å². The smallest absolute Gasteiger partial charge is 0.338 e. The lowest BCUT2D eigenvalue weighted by Gasteiger charge is -2.24. The molecule has 476 valence electrons. The second-order valence-corrected chi connectivity index (χ2v) is 25.6. The lowest BCUT2D eigenvalue weighted by atomic mass is 9.91. The highest BCUT2D eigenvalue weighted by Crippen LogP contribution is 2.22. The summed E-state index contributed by atoms with van der Waals surface area (Å²) in [5.41, 5.74) is 3.18. The van der Waals surface area contributed by atoms with Crippen molar-refractivity contribution in [2.24, 2.45) is 10.8 Å². The Balaban J connectivity index is -0.000000155. The fraction of sp³-hybridized carbons (Fsp3) is 0.803.